The predicted molar refractivity (Wildman–Crippen MR) is 54.8 cm³/mol. The minimum atomic E-state index is -1.00. The first kappa shape index (κ1) is 12.6. The van der Waals surface area contributed by atoms with Crippen molar-refractivity contribution in [1.82, 2.24) is 5.32 Å². The number of hydrogen-bond acceptors (Lipinski definition) is 2. The summed E-state index contributed by atoms with van der Waals surface area (Å²) in [6, 6.07) is 3.68. The van der Waals surface area contributed by atoms with Crippen LogP contribution in [-0.2, 0) is 11.2 Å². The molecule has 1 aromatic rings. The smallest absolute Gasteiger partial charge is 0.224 e. The normalized spacial score (nSPS) is 12.2. The number of carbonyl (C=O) groups is 1. The number of benzene rings is 1. The summed E-state index contributed by atoms with van der Waals surface area (Å²) >= 11 is 0. The molecule has 0 radical (unpaired) electrons. The summed E-state index contributed by atoms with van der Waals surface area (Å²) < 4.78 is 26.0. The van der Waals surface area contributed by atoms with E-state index in [0.29, 0.717) is 0 Å². The van der Waals surface area contributed by atoms with Crippen molar-refractivity contribution in [2.45, 2.75) is 19.4 Å². The van der Waals surface area contributed by atoms with E-state index in [-0.39, 0.29) is 18.5 Å². The van der Waals surface area contributed by atoms with Gasteiger partial charge in [-0.25, -0.2) is 8.78 Å². The van der Waals surface area contributed by atoms with Gasteiger partial charge < -0.3 is 10.4 Å². The fourth-order valence-corrected chi connectivity index (χ4v) is 1.18. The van der Waals surface area contributed by atoms with Gasteiger partial charge in [-0.1, -0.05) is 12.1 Å². The Bertz CT molecular complexity index is 380. The Balaban J connectivity index is 2.59. The molecule has 0 saturated carbocycles. The maximum Gasteiger partial charge on any atom is 0.224 e. The van der Waals surface area contributed by atoms with Crippen molar-refractivity contribution < 1.29 is 18.7 Å². The Labute approximate surface area is 92.1 Å². The quantitative estimate of drug-likeness (QED) is 0.809. The van der Waals surface area contributed by atoms with Crippen LogP contribution in [0.15, 0.2) is 18.2 Å². The fraction of sp³-hybridized carbons (Fsp3) is 0.364. The van der Waals surface area contributed by atoms with E-state index in [2.05, 4.69) is 5.32 Å². The van der Waals surface area contributed by atoms with Crippen molar-refractivity contribution in [2.24, 2.45) is 0 Å². The Morgan fingerprint density at radius 2 is 2.19 bits per heavy atom. The number of rotatable bonds is 4. The molecule has 1 atom stereocenters. The zero-order valence-electron chi connectivity index (χ0n) is 8.84. The van der Waals surface area contributed by atoms with Crippen molar-refractivity contribution in [2.75, 3.05) is 6.54 Å². The van der Waals surface area contributed by atoms with Crippen molar-refractivity contribution in [3.8, 4) is 0 Å². The lowest BCUT2D eigenvalue weighted by atomic mass is 10.1. The van der Waals surface area contributed by atoms with Crippen LogP contribution in [0, 0.1) is 11.6 Å². The highest BCUT2D eigenvalue weighted by molar-refractivity contribution is 5.78. The van der Waals surface area contributed by atoms with Crippen LogP contribution in [0.3, 0.4) is 0 Å². The molecule has 3 nitrogen and oxygen atoms in total. The molecule has 1 aromatic carbocycles. The molecular weight excluding hydrogens is 216 g/mol. The lowest BCUT2D eigenvalue weighted by Crippen LogP contribution is -2.31. The van der Waals surface area contributed by atoms with Crippen molar-refractivity contribution in [3.05, 3.63) is 35.4 Å². The summed E-state index contributed by atoms with van der Waals surface area (Å²) in [5.74, 6) is -2.43. The van der Waals surface area contributed by atoms with Crippen LogP contribution in [0.25, 0.3) is 0 Å². The zero-order valence-corrected chi connectivity index (χ0v) is 8.84. The Hall–Kier alpha value is -1.49. The third-order valence-electron chi connectivity index (χ3n) is 1.98. The molecule has 0 aliphatic rings. The van der Waals surface area contributed by atoms with Gasteiger partial charge in [0.05, 0.1) is 12.5 Å². The molecule has 2 N–H and O–H groups in total. The van der Waals surface area contributed by atoms with Gasteiger partial charge in [-0.3, -0.25) is 4.79 Å². The van der Waals surface area contributed by atoms with Crippen LogP contribution in [0.5, 0.6) is 0 Å². The highest BCUT2D eigenvalue weighted by Crippen LogP contribution is 2.11. The van der Waals surface area contributed by atoms with Crippen molar-refractivity contribution >= 4 is 5.91 Å². The molecule has 1 amide bonds. The second kappa shape index (κ2) is 5.55. The van der Waals surface area contributed by atoms with Crippen LogP contribution in [-0.4, -0.2) is 23.7 Å². The van der Waals surface area contributed by atoms with Gasteiger partial charge >= 0.3 is 0 Å². The van der Waals surface area contributed by atoms with E-state index in [9.17, 15) is 13.6 Å². The fourth-order valence-electron chi connectivity index (χ4n) is 1.18. The van der Waals surface area contributed by atoms with Crippen LogP contribution in [0.1, 0.15) is 12.5 Å². The number of hydrogen-bond donors (Lipinski definition) is 2. The molecule has 0 heterocycles. The molecule has 0 aromatic heterocycles. The van der Waals surface area contributed by atoms with E-state index < -0.39 is 23.6 Å². The van der Waals surface area contributed by atoms with Crippen molar-refractivity contribution in [1.29, 1.82) is 0 Å². The first-order chi connectivity index (χ1) is 7.50. The molecule has 16 heavy (non-hydrogen) atoms. The standard InChI is InChI=1S/C11H13F2NO2/c1-7(15)6-14-10(16)5-8-3-2-4-9(12)11(8)13/h2-4,7,15H,5-6H2,1H3,(H,14,16). The topological polar surface area (TPSA) is 49.3 Å². The van der Waals surface area contributed by atoms with Crippen molar-refractivity contribution in [3.63, 3.8) is 0 Å². The number of aliphatic hydroxyl groups excluding tert-OH is 1. The van der Waals surface area contributed by atoms with Crippen LogP contribution in [0.4, 0.5) is 8.78 Å². The maximum atomic E-state index is 13.2. The third-order valence-corrected chi connectivity index (χ3v) is 1.98. The minimum absolute atomic E-state index is 0.00286. The van der Waals surface area contributed by atoms with E-state index in [4.69, 9.17) is 5.11 Å². The maximum absolute atomic E-state index is 13.2. The monoisotopic (exact) mass is 229 g/mol. The summed E-state index contributed by atoms with van der Waals surface area (Å²) in [7, 11) is 0. The summed E-state index contributed by atoms with van der Waals surface area (Å²) in [5, 5.41) is 11.3. The van der Waals surface area contributed by atoms with Gasteiger partial charge in [-0.05, 0) is 13.0 Å². The van der Waals surface area contributed by atoms with Gasteiger partial charge in [0.15, 0.2) is 11.6 Å². The van der Waals surface area contributed by atoms with Gasteiger partial charge in [0.2, 0.25) is 5.91 Å². The summed E-state index contributed by atoms with van der Waals surface area (Å²) in [6.45, 7) is 1.61. The minimum Gasteiger partial charge on any atom is -0.392 e. The molecule has 0 aliphatic heterocycles. The lowest BCUT2D eigenvalue weighted by Gasteiger charge is -2.07. The van der Waals surface area contributed by atoms with E-state index in [1.54, 1.807) is 0 Å². The van der Waals surface area contributed by atoms with Gasteiger partial charge in [-0.2, -0.15) is 0 Å². The SMILES string of the molecule is CC(O)CNC(=O)Cc1cccc(F)c1F. The molecule has 0 spiro atoms. The highest BCUT2D eigenvalue weighted by Gasteiger charge is 2.11. The molecule has 0 aliphatic carbocycles. The average molecular weight is 229 g/mol. The molecule has 0 fully saturated rings. The number of nitrogens with one attached hydrogen (secondary N) is 1. The first-order valence-corrected chi connectivity index (χ1v) is 4.88. The number of amides is 1. The lowest BCUT2D eigenvalue weighted by molar-refractivity contribution is -0.120. The second-order valence-electron chi connectivity index (χ2n) is 3.54. The molecule has 88 valence electrons. The number of carbonyl (C=O) groups excluding carboxylic acids is 1. The first-order valence-electron chi connectivity index (χ1n) is 4.88. The van der Waals surface area contributed by atoms with Crippen LogP contribution < -0.4 is 5.32 Å². The molecule has 1 unspecified atom stereocenters. The zero-order chi connectivity index (χ0) is 12.1. The van der Waals surface area contributed by atoms with E-state index >= 15 is 0 Å². The number of halogens is 2. The van der Waals surface area contributed by atoms with E-state index in [0.717, 1.165) is 6.07 Å². The molecule has 0 saturated heterocycles. The Kier molecular flexibility index (Phi) is 4.37. The summed E-state index contributed by atoms with van der Waals surface area (Å²) in [6.07, 6.45) is -0.905. The Morgan fingerprint density at radius 3 is 2.81 bits per heavy atom. The molecule has 1 rings (SSSR count). The van der Waals surface area contributed by atoms with Gasteiger partial charge in [0, 0.05) is 12.1 Å². The second-order valence-corrected chi connectivity index (χ2v) is 3.54. The molecular formula is C11H13F2NO2. The molecule has 0 bridgehead atoms. The van der Waals surface area contributed by atoms with E-state index in [1.807, 2.05) is 0 Å². The summed E-state index contributed by atoms with van der Waals surface area (Å²) in [4.78, 5) is 11.3. The van der Waals surface area contributed by atoms with Crippen LogP contribution in [0.2, 0.25) is 0 Å². The largest absolute Gasteiger partial charge is 0.392 e. The van der Waals surface area contributed by atoms with Gasteiger partial charge in [0.1, 0.15) is 0 Å². The van der Waals surface area contributed by atoms with E-state index in [1.165, 1.54) is 19.1 Å². The van der Waals surface area contributed by atoms with Gasteiger partial charge in [-0.15, -0.1) is 0 Å². The van der Waals surface area contributed by atoms with Crippen LogP contribution >= 0.6 is 0 Å². The number of aliphatic hydroxyl groups is 1. The molecule has 5 heteroatoms. The van der Waals surface area contributed by atoms with Gasteiger partial charge in [0.25, 0.3) is 0 Å². The predicted octanol–water partition coefficient (Wildman–Crippen LogP) is 1.00. The summed E-state index contributed by atoms with van der Waals surface area (Å²) in [5.41, 5.74) is 0.00286. The average Bonchev–Trinajstić information content (AvgIpc) is 2.22. The Morgan fingerprint density at radius 1 is 1.50 bits per heavy atom. The third kappa shape index (κ3) is 3.58. The highest BCUT2D eigenvalue weighted by atomic mass is 19.2.